The fourth-order valence-electron chi connectivity index (χ4n) is 2.49. The number of esters is 1. The summed E-state index contributed by atoms with van der Waals surface area (Å²) in [6.45, 7) is 0.613. The third-order valence-corrected chi connectivity index (χ3v) is 3.59. The molecule has 0 bridgehead atoms. The summed E-state index contributed by atoms with van der Waals surface area (Å²) in [5, 5.41) is 0. The SMILES string of the molecule is COC(=O)CC1(CN)CCCCCCC1. The third-order valence-electron chi connectivity index (χ3n) is 3.59. The molecule has 0 amide bonds. The number of rotatable bonds is 3. The van der Waals surface area contributed by atoms with Crippen LogP contribution in [0.1, 0.15) is 51.4 Å². The van der Waals surface area contributed by atoms with Crippen LogP contribution in [0.15, 0.2) is 0 Å². The second kappa shape index (κ2) is 6.11. The van der Waals surface area contributed by atoms with Crippen molar-refractivity contribution in [1.82, 2.24) is 0 Å². The van der Waals surface area contributed by atoms with Gasteiger partial charge in [-0.2, -0.15) is 0 Å². The van der Waals surface area contributed by atoms with Gasteiger partial charge in [0.2, 0.25) is 0 Å². The fraction of sp³-hybridized carbons (Fsp3) is 0.917. The second-order valence-electron chi connectivity index (χ2n) is 4.72. The normalized spacial score (nSPS) is 21.5. The first-order valence-electron chi connectivity index (χ1n) is 5.99. The molecular weight excluding hydrogens is 190 g/mol. The van der Waals surface area contributed by atoms with E-state index in [1.165, 1.54) is 39.2 Å². The summed E-state index contributed by atoms with van der Waals surface area (Å²) in [5.41, 5.74) is 5.88. The van der Waals surface area contributed by atoms with Gasteiger partial charge < -0.3 is 10.5 Å². The van der Waals surface area contributed by atoms with Crippen LogP contribution in [0.3, 0.4) is 0 Å². The van der Waals surface area contributed by atoms with Crippen LogP contribution >= 0.6 is 0 Å². The highest BCUT2D eigenvalue weighted by Gasteiger charge is 2.31. The van der Waals surface area contributed by atoms with Gasteiger partial charge in [0.1, 0.15) is 0 Å². The molecule has 0 spiro atoms. The van der Waals surface area contributed by atoms with E-state index in [2.05, 4.69) is 0 Å². The molecule has 1 aliphatic carbocycles. The molecule has 0 saturated heterocycles. The molecule has 0 aliphatic heterocycles. The molecule has 0 atom stereocenters. The highest BCUT2D eigenvalue weighted by Crippen LogP contribution is 2.36. The van der Waals surface area contributed by atoms with Gasteiger partial charge in [0.15, 0.2) is 0 Å². The smallest absolute Gasteiger partial charge is 0.306 e. The molecular formula is C12H23NO2. The zero-order chi connectivity index (χ0) is 11.1. The highest BCUT2D eigenvalue weighted by molar-refractivity contribution is 5.70. The molecule has 0 aromatic rings. The van der Waals surface area contributed by atoms with Gasteiger partial charge in [-0.05, 0) is 24.8 Å². The van der Waals surface area contributed by atoms with E-state index in [9.17, 15) is 4.79 Å². The molecule has 3 nitrogen and oxygen atoms in total. The maximum atomic E-state index is 11.4. The average molecular weight is 213 g/mol. The predicted molar refractivity (Wildman–Crippen MR) is 60.4 cm³/mol. The van der Waals surface area contributed by atoms with Gasteiger partial charge in [0.25, 0.3) is 0 Å². The minimum absolute atomic E-state index is 0.0213. The second-order valence-corrected chi connectivity index (χ2v) is 4.72. The first kappa shape index (κ1) is 12.5. The molecule has 15 heavy (non-hydrogen) atoms. The molecule has 2 N–H and O–H groups in total. The van der Waals surface area contributed by atoms with E-state index in [0.29, 0.717) is 13.0 Å². The summed E-state index contributed by atoms with van der Waals surface area (Å²) in [4.78, 5) is 11.4. The summed E-state index contributed by atoms with van der Waals surface area (Å²) >= 11 is 0. The summed E-state index contributed by atoms with van der Waals surface area (Å²) in [5.74, 6) is -0.110. The van der Waals surface area contributed by atoms with Crippen LogP contribution < -0.4 is 5.73 Å². The predicted octanol–water partition coefficient (Wildman–Crippen LogP) is 2.24. The van der Waals surface area contributed by atoms with E-state index in [0.717, 1.165) is 12.8 Å². The molecule has 0 heterocycles. The van der Waals surface area contributed by atoms with Crippen LogP contribution in [0.5, 0.6) is 0 Å². The first-order valence-corrected chi connectivity index (χ1v) is 5.99. The van der Waals surface area contributed by atoms with Gasteiger partial charge in [-0.25, -0.2) is 0 Å². The van der Waals surface area contributed by atoms with Crippen molar-refractivity contribution in [3.05, 3.63) is 0 Å². The maximum Gasteiger partial charge on any atom is 0.306 e. The van der Waals surface area contributed by atoms with Crippen LogP contribution in [0.4, 0.5) is 0 Å². The summed E-state index contributed by atoms with van der Waals surface area (Å²) < 4.78 is 4.76. The van der Waals surface area contributed by atoms with Crippen LogP contribution in [0.25, 0.3) is 0 Å². The fourth-order valence-corrected chi connectivity index (χ4v) is 2.49. The lowest BCUT2D eigenvalue weighted by Crippen LogP contribution is -2.34. The van der Waals surface area contributed by atoms with Crippen molar-refractivity contribution in [3.8, 4) is 0 Å². The number of hydrogen-bond donors (Lipinski definition) is 1. The summed E-state index contributed by atoms with van der Waals surface area (Å²) in [6, 6.07) is 0. The van der Waals surface area contributed by atoms with Gasteiger partial charge in [0.05, 0.1) is 13.5 Å². The van der Waals surface area contributed by atoms with E-state index < -0.39 is 0 Å². The first-order chi connectivity index (χ1) is 7.22. The van der Waals surface area contributed by atoms with Crippen molar-refractivity contribution in [1.29, 1.82) is 0 Å². The lowest BCUT2D eigenvalue weighted by atomic mass is 9.74. The van der Waals surface area contributed by atoms with E-state index in [-0.39, 0.29) is 11.4 Å². The van der Waals surface area contributed by atoms with Crippen LogP contribution in [0.2, 0.25) is 0 Å². The van der Waals surface area contributed by atoms with Crippen LogP contribution in [-0.4, -0.2) is 19.6 Å². The Balaban J connectivity index is 2.57. The van der Waals surface area contributed by atoms with Crippen molar-refractivity contribution in [2.24, 2.45) is 11.1 Å². The number of methoxy groups -OCH3 is 1. The zero-order valence-electron chi connectivity index (χ0n) is 9.76. The molecule has 1 aliphatic rings. The maximum absolute atomic E-state index is 11.4. The Morgan fingerprint density at radius 3 is 2.20 bits per heavy atom. The van der Waals surface area contributed by atoms with E-state index in [1.54, 1.807) is 0 Å². The standard InChI is InChI=1S/C12H23NO2/c1-15-11(14)9-12(10-13)7-5-3-2-4-6-8-12/h2-10,13H2,1H3. The Morgan fingerprint density at radius 2 is 1.73 bits per heavy atom. The van der Waals surface area contributed by atoms with Gasteiger partial charge in [0, 0.05) is 0 Å². The molecule has 0 aromatic carbocycles. The van der Waals surface area contributed by atoms with Crippen molar-refractivity contribution in [3.63, 3.8) is 0 Å². The Bertz CT molecular complexity index is 196. The zero-order valence-corrected chi connectivity index (χ0v) is 9.76. The monoisotopic (exact) mass is 213 g/mol. The Hall–Kier alpha value is -0.570. The van der Waals surface area contributed by atoms with Crippen molar-refractivity contribution in [2.75, 3.05) is 13.7 Å². The molecule has 88 valence electrons. The minimum atomic E-state index is -0.110. The van der Waals surface area contributed by atoms with Gasteiger partial charge >= 0.3 is 5.97 Å². The molecule has 0 unspecified atom stereocenters. The number of carbonyl (C=O) groups is 1. The van der Waals surface area contributed by atoms with Gasteiger partial charge in [-0.15, -0.1) is 0 Å². The number of hydrogen-bond acceptors (Lipinski definition) is 3. The van der Waals surface area contributed by atoms with E-state index in [4.69, 9.17) is 10.5 Å². The molecule has 0 aromatic heterocycles. The average Bonchev–Trinajstić information content (AvgIpc) is 2.22. The number of nitrogens with two attached hydrogens (primary N) is 1. The lowest BCUT2D eigenvalue weighted by Gasteiger charge is -2.33. The quantitative estimate of drug-likeness (QED) is 0.731. The van der Waals surface area contributed by atoms with Crippen molar-refractivity contribution >= 4 is 5.97 Å². The van der Waals surface area contributed by atoms with Crippen molar-refractivity contribution in [2.45, 2.75) is 51.4 Å². The number of ether oxygens (including phenoxy) is 1. The molecule has 1 fully saturated rings. The largest absolute Gasteiger partial charge is 0.469 e. The van der Waals surface area contributed by atoms with Gasteiger partial charge in [-0.3, -0.25) is 4.79 Å². The molecule has 3 heteroatoms. The Labute approximate surface area is 92.4 Å². The Morgan fingerprint density at radius 1 is 1.20 bits per heavy atom. The van der Waals surface area contributed by atoms with Gasteiger partial charge in [-0.1, -0.05) is 32.1 Å². The minimum Gasteiger partial charge on any atom is -0.469 e. The molecule has 1 saturated carbocycles. The van der Waals surface area contributed by atoms with Crippen LogP contribution in [-0.2, 0) is 9.53 Å². The van der Waals surface area contributed by atoms with Crippen LogP contribution in [0, 0.1) is 5.41 Å². The third kappa shape index (κ3) is 3.82. The highest BCUT2D eigenvalue weighted by atomic mass is 16.5. The number of carbonyl (C=O) groups excluding carboxylic acids is 1. The van der Waals surface area contributed by atoms with E-state index in [1.807, 2.05) is 0 Å². The molecule has 1 rings (SSSR count). The van der Waals surface area contributed by atoms with E-state index >= 15 is 0 Å². The summed E-state index contributed by atoms with van der Waals surface area (Å²) in [6.07, 6.45) is 8.96. The topological polar surface area (TPSA) is 52.3 Å². The Kier molecular flexibility index (Phi) is 5.09. The molecule has 0 radical (unpaired) electrons. The van der Waals surface area contributed by atoms with Crippen molar-refractivity contribution < 1.29 is 9.53 Å². The summed E-state index contributed by atoms with van der Waals surface area (Å²) in [7, 11) is 1.45. The lowest BCUT2D eigenvalue weighted by molar-refractivity contribution is -0.143.